The van der Waals surface area contributed by atoms with E-state index in [1.807, 2.05) is 0 Å². The summed E-state index contributed by atoms with van der Waals surface area (Å²) in [7, 11) is 0. The molecule has 9 heteroatoms. The molecule has 2 aliphatic heterocycles. The van der Waals surface area contributed by atoms with Gasteiger partial charge in [-0.3, -0.25) is 24.7 Å². The van der Waals surface area contributed by atoms with Crippen LogP contribution < -0.4 is 5.32 Å². The first-order valence-corrected chi connectivity index (χ1v) is 9.98. The number of amides is 3. The molecule has 146 valence electrons. The van der Waals surface area contributed by atoms with Crippen LogP contribution >= 0.6 is 11.3 Å². The van der Waals surface area contributed by atoms with Crippen molar-refractivity contribution in [3.63, 3.8) is 0 Å². The summed E-state index contributed by atoms with van der Waals surface area (Å²) in [4.78, 5) is 45.5. The molecule has 2 aliphatic rings. The highest BCUT2D eigenvalue weighted by Crippen LogP contribution is 2.29. The van der Waals surface area contributed by atoms with Gasteiger partial charge in [0, 0.05) is 37.5 Å². The summed E-state index contributed by atoms with van der Waals surface area (Å²) >= 11 is 1.43. The zero-order chi connectivity index (χ0) is 19.7. The van der Waals surface area contributed by atoms with Gasteiger partial charge < -0.3 is 4.74 Å². The number of fused-ring (bicyclic) bond motifs is 2. The average molecular weight is 400 g/mol. The number of nitrogens with zero attached hydrogens (tertiary/aromatic N) is 3. The second kappa shape index (κ2) is 7.69. The molecule has 1 N–H and O–H groups in total. The van der Waals surface area contributed by atoms with E-state index in [4.69, 9.17) is 4.74 Å². The van der Waals surface area contributed by atoms with E-state index in [1.165, 1.54) is 16.2 Å². The second-order valence-corrected chi connectivity index (χ2v) is 7.65. The topological polar surface area (TPSA) is 91.8 Å². The van der Waals surface area contributed by atoms with Crippen molar-refractivity contribution in [2.45, 2.75) is 19.9 Å². The molecule has 0 atom stereocenters. The zero-order valence-electron chi connectivity index (χ0n) is 15.4. The molecule has 0 saturated carbocycles. The fraction of sp³-hybridized carbons (Fsp3) is 0.368. The van der Waals surface area contributed by atoms with Crippen LogP contribution in [-0.4, -0.2) is 58.9 Å². The van der Waals surface area contributed by atoms with Crippen molar-refractivity contribution in [2.75, 3.05) is 31.6 Å². The lowest BCUT2D eigenvalue weighted by atomic mass is 10.1. The molecule has 0 aliphatic carbocycles. The number of carbonyl (C=O) groups excluding carboxylic acids is 3. The van der Waals surface area contributed by atoms with Crippen molar-refractivity contribution in [2.24, 2.45) is 0 Å². The van der Waals surface area contributed by atoms with Crippen LogP contribution in [0.4, 0.5) is 9.93 Å². The molecule has 1 aromatic carbocycles. The van der Waals surface area contributed by atoms with Gasteiger partial charge in [0.25, 0.3) is 11.8 Å². The molecular formula is C19H20N4O4S. The van der Waals surface area contributed by atoms with Crippen molar-refractivity contribution < 1.29 is 19.1 Å². The Bertz CT molecular complexity index is 907. The summed E-state index contributed by atoms with van der Waals surface area (Å²) in [6, 6.07) is 6.92. The van der Waals surface area contributed by atoms with Gasteiger partial charge in [-0.15, -0.1) is 0 Å². The number of aromatic nitrogens is 1. The van der Waals surface area contributed by atoms with Crippen LogP contribution in [0.5, 0.6) is 0 Å². The zero-order valence-corrected chi connectivity index (χ0v) is 16.3. The SMILES string of the molecule is CCOC(=O)Nc1nc2c(s1)CN(CCN1C(=O)c3ccccc3C1=O)CC2. The maximum atomic E-state index is 12.5. The Balaban J connectivity index is 1.36. The Morgan fingerprint density at radius 3 is 2.61 bits per heavy atom. The Labute approximate surface area is 166 Å². The first-order chi connectivity index (χ1) is 13.6. The summed E-state index contributed by atoms with van der Waals surface area (Å²) in [5.74, 6) is -0.450. The number of carbonyl (C=O) groups is 3. The molecule has 3 heterocycles. The summed E-state index contributed by atoms with van der Waals surface area (Å²) in [6.45, 7) is 4.48. The van der Waals surface area contributed by atoms with E-state index in [9.17, 15) is 14.4 Å². The largest absolute Gasteiger partial charge is 0.450 e. The lowest BCUT2D eigenvalue weighted by Crippen LogP contribution is -2.40. The lowest BCUT2D eigenvalue weighted by Gasteiger charge is -2.27. The quantitative estimate of drug-likeness (QED) is 0.775. The molecule has 0 saturated heterocycles. The van der Waals surface area contributed by atoms with Crippen LogP contribution in [-0.2, 0) is 17.7 Å². The van der Waals surface area contributed by atoms with E-state index in [0.29, 0.717) is 42.5 Å². The van der Waals surface area contributed by atoms with Gasteiger partial charge in [0.15, 0.2) is 5.13 Å². The number of rotatable bonds is 5. The number of benzene rings is 1. The van der Waals surface area contributed by atoms with Crippen LogP contribution in [0.2, 0.25) is 0 Å². The number of hydrogen-bond donors (Lipinski definition) is 1. The highest BCUT2D eigenvalue weighted by Gasteiger charge is 2.35. The molecule has 28 heavy (non-hydrogen) atoms. The number of hydrogen-bond acceptors (Lipinski definition) is 7. The monoisotopic (exact) mass is 400 g/mol. The van der Waals surface area contributed by atoms with Gasteiger partial charge in [-0.2, -0.15) is 0 Å². The van der Waals surface area contributed by atoms with Gasteiger partial charge in [-0.25, -0.2) is 9.78 Å². The predicted octanol–water partition coefficient (Wildman–Crippen LogP) is 2.37. The van der Waals surface area contributed by atoms with Gasteiger partial charge in [0.2, 0.25) is 0 Å². The Morgan fingerprint density at radius 1 is 1.21 bits per heavy atom. The van der Waals surface area contributed by atoms with Gasteiger partial charge in [0.05, 0.1) is 23.4 Å². The minimum atomic E-state index is -0.504. The molecule has 3 amide bonds. The first kappa shape index (κ1) is 18.6. The minimum Gasteiger partial charge on any atom is -0.450 e. The Morgan fingerprint density at radius 2 is 1.93 bits per heavy atom. The smallest absolute Gasteiger partial charge is 0.413 e. The van der Waals surface area contributed by atoms with Crippen molar-refractivity contribution in [1.29, 1.82) is 0 Å². The molecular weight excluding hydrogens is 380 g/mol. The highest BCUT2D eigenvalue weighted by atomic mass is 32.1. The molecule has 0 fully saturated rings. The molecule has 1 aromatic heterocycles. The number of ether oxygens (including phenoxy) is 1. The molecule has 2 aromatic rings. The summed E-state index contributed by atoms with van der Waals surface area (Å²) < 4.78 is 4.88. The molecule has 0 spiro atoms. The van der Waals surface area contributed by atoms with E-state index in [-0.39, 0.29) is 11.8 Å². The molecule has 0 unspecified atom stereocenters. The van der Waals surface area contributed by atoms with E-state index >= 15 is 0 Å². The predicted molar refractivity (Wildman–Crippen MR) is 104 cm³/mol. The number of anilines is 1. The molecule has 0 bridgehead atoms. The summed E-state index contributed by atoms with van der Waals surface area (Å²) in [5, 5.41) is 3.18. The van der Waals surface area contributed by atoms with Crippen LogP contribution in [0.1, 0.15) is 38.2 Å². The van der Waals surface area contributed by atoms with Crippen LogP contribution in [0.15, 0.2) is 24.3 Å². The first-order valence-electron chi connectivity index (χ1n) is 9.16. The maximum absolute atomic E-state index is 12.5. The summed E-state index contributed by atoms with van der Waals surface area (Å²) in [5.41, 5.74) is 1.94. The van der Waals surface area contributed by atoms with Crippen molar-refractivity contribution in [3.8, 4) is 0 Å². The third-order valence-electron chi connectivity index (χ3n) is 4.81. The molecule has 8 nitrogen and oxygen atoms in total. The van der Waals surface area contributed by atoms with Crippen molar-refractivity contribution in [1.82, 2.24) is 14.8 Å². The van der Waals surface area contributed by atoms with Gasteiger partial charge in [-0.1, -0.05) is 23.5 Å². The van der Waals surface area contributed by atoms with E-state index in [2.05, 4.69) is 15.2 Å². The Hall–Kier alpha value is -2.78. The average Bonchev–Trinajstić information content (AvgIpc) is 3.19. The number of imide groups is 1. The van der Waals surface area contributed by atoms with E-state index in [1.54, 1.807) is 31.2 Å². The van der Waals surface area contributed by atoms with Gasteiger partial charge in [-0.05, 0) is 19.1 Å². The third-order valence-corrected chi connectivity index (χ3v) is 5.81. The van der Waals surface area contributed by atoms with E-state index in [0.717, 1.165) is 23.5 Å². The van der Waals surface area contributed by atoms with Crippen LogP contribution in [0.25, 0.3) is 0 Å². The fourth-order valence-electron chi connectivity index (χ4n) is 3.43. The number of thiazole rings is 1. The lowest BCUT2D eigenvalue weighted by molar-refractivity contribution is 0.0633. The van der Waals surface area contributed by atoms with Crippen LogP contribution in [0, 0.1) is 0 Å². The normalized spacial score (nSPS) is 16.1. The van der Waals surface area contributed by atoms with Gasteiger partial charge in [0.1, 0.15) is 0 Å². The van der Waals surface area contributed by atoms with Gasteiger partial charge >= 0.3 is 6.09 Å². The number of nitrogens with one attached hydrogen (secondary N) is 1. The molecule has 4 rings (SSSR count). The van der Waals surface area contributed by atoms with Crippen molar-refractivity contribution >= 4 is 34.4 Å². The fourth-order valence-corrected chi connectivity index (χ4v) is 4.47. The summed E-state index contributed by atoms with van der Waals surface area (Å²) in [6.07, 6.45) is 0.259. The second-order valence-electron chi connectivity index (χ2n) is 6.57. The maximum Gasteiger partial charge on any atom is 0.413 e. The minimum absolute atomic E-state index is 0.225. The van der Waals surface area contributed by atoms with Crippen LogP contribution in [0.3, 0.4) is 0 Å². The highest BCUT2D eigenvalue weighted by molar-refractivity contribution is 7.15. The Kier molecular flexibility index (Phi) is 5.10. The molecule has 0 radical (unpaired) electrons. The standard InChI is InChI=1S/C19H20N4O4S/c1-2-27-19(26)21-18-20-14-7-8-22(11-15(14)28-18)9-10-23-16(24)12-5-3-4-6-13(12)17(23)25/h3-6H,2,7-11H2,1H3,(H,20,21,26). The van der Waals surface area contributed by atoms with Crippen molar-refractivity contribution in [3.05, 3.63) is 46.0 Å². The van der Waals surface area contributed by atoms with E-state index < -0.39 is 6.09 Å². The third kappa shape index (κ3) is 3.50.